The summed E-state index contributed by atoms with van der Waals surface area (Å²) in [6.07, 6.45) is -4.88. The van der Waals surface area contributed by atoms with Gasteiger partial charge >= 0.3 is 5.97 Å². The molecule has 218 valence electrons. The number of aliphatic hydroxyl groups is 4. The van der Waals surface area contributed by atoms with Gasteiger partial charge < -0.3 is 49.3 Å². The number of esters is 1. The Morgan fingerprint density at radius 2 is 1.60 bits per heavy atom. The van der Waals surface area contributed by atoms with E-state index in [1.54, 1.807) is 24.3 Å². The van der Waals surface area contributed by atoms with E-state index >= 15 is 0 Å². The van der Waals surface area contributed by atoms with E-state index in [1.165, 1.54) is 48.6 Å². The molecule has 5 rings (SSSR count). The van der Waals surface area contributed by atoms with Gasteiger partial charge in [-0.1, -0.05) is 12.1 Å². The van der Waals surface area contributed by atoms with Crippen LogP contribution in [0.3, 0.4) is 0 Å². The predicted octanol–water partition coefficient (Wildman–Crippen LogP) is 1.67. The fourth-order valence-corrected chi connectivity index (χ4v) is 4.34. The van der Waals surface area contributed by atoms with E-state index in [-0.39, 0.29) is 34.0 Å². The molecule has 2 heterocycles. The van der Waals surface area contributed by atoms with Gasteiger partial charge in [-0.2, -0.15) is 0 Å². The van der Waals surface area contributed by atoms with Crippen LogP contribution in [0.15, 0.2) is 82.0 Å². The van der Waals surface area contributed by atoms with Crippen molar-refractivity contribution in [3.63, 3.8) is 0 Å². The number of fused-ring (bicyclic) bond motifs is 1. The van der Waals surface area contributed by atoms with Crippen LogP contribution in [0, 0.1) is 0 Å². The molecule has 1 aliphatic heterocycles. The van der Waals surface area contributed by atoms with E-state index in [0.717, 1.165) is 6.07 Å². The molecule has 12 heteroatoms. The lowest BCUT2D eigenvalue weighted by Gasteiger charge is -2.39. The first-order valence-corrected chi connectivity index (χ1v) is 12.7. The first-order chi connectivity index (χ1) is 20.1. The van der Waals surface area contributed by atoms with Crippen molar-refractivity contribution in [2.45, 2.75) is 30.7 Å². The minimum Gasteiger partial charge on any atom is -0.508 e. The van der Waals surface area contributed by atoms with Crippen molar-refractivity contribution in [1.29, 1.82) is 0 Å². The average Bonchev–Trinajstić information content (AvgIpc) is 2.97. The number of aliphatic hydroxyl groups excluding tert-OH is 4. The number of rotatable bonds is 7. The van der Waals surface area contributed by atoms with Crippen LogP contribution in [0.25, 0.3) is 28.4 Å². The molecular weight excluding hydrogens is 552 g/mol. The van der Waals surface area contributed by atoms with Crippen molar-refractivity contribution in [3.05, 3.63) is 88.6 Å². The molecule has 5 atom stereocenters. The molecule has 4 aromatic rings. The summed E-state index contributed by atoms with van der Waals surface area (Å²) >= 11 is 0. The highest BCUT2D eigenvalue weighted by atomic mass is 16.7. The Morgan fingerprint density at radius 1 is 0.881 bits per heavy atom. The van der Waals surface area contributed by atoms with E-state index in [9.17, 15) is 40.2 Å². The van der Waals surface area contributed by atoms with Gasteiger partial charge in [0.25, 0.3) is 0 Å². The molecule has 0 saturated carbocycles. The van der Waals surface area contributed by atoms with Crippen molar-refractivity contribution in [1.82, 2.24) is 0 Å². The van der Waals surface area contributed by atoms with Crippen molar-refractivity contribution in [2.24, 2.45) is 0 Å². The van der Waals surface area contributed by atoms with E-state index in [0.29, 0.717) is 11.1 Å². The number of ether oxygens (including phenoxy) is 3. The Morgan fingerprint density at radius 3 is 2.29 bits per heavy atom. The quantitative estimate of drug-likeness (QED) is 0.106. The third-order valence-corrected chi connectivity index (χ3v) is 6.55. The Labute approximate surface area is 237 Å². The molecule has 42 heavy (non-hydrogen) atoms. The first-order valence-electron chi connectivity index (χ1n) is 12.7. The lowest BCUT2D eigenvalue weighted by atomic mass is 9.99. The van der Waals surface area contributed by atoms with Gasteiger partial charge in [-0.15, -0.1) is 0 Å². The van der Waals surface area contributed by atoms with Gasteiger partial charge in [0.15, 0.2) is 5.43 Å². The number of hydrogen-bond acceptors (Lipinski definition) is 12. The summed E-state index contributed by atoms with van der Waals surface area (Å²) in [4.78, 5) is 25.0. The smallest absolute Gasteiger partial charge is 0.336 e. The van der Waals surface area contributed by atoms with Crippen LogP contribution in [-0.2, 0) is 9.53 Å². The molecule has 1 aliphatic rings. The van der Waals surface area contributed by atoms with Gasteiger partial charge in [0.1, 0.15) is 64.1 Å². The summed E-state index contributed by atoms with van der Waals surface area (Å²) < 4.78 is 22.0. The summed E-state index contributed by atoms with van der Waals surface area (Å²) in [5, 5.41) is 59.3. The highest BCUT2D eigenvalue weighted by molar-refractivity contribution is 5.89. The monoisotopic (exact) mass is 578 g/mol. The number of phenolic OH excluding ortho intramolecular Hbond substituents is 2. The van der Waals surface area contributed by atoms with E-state index in [4.69, 9.17) is 18.6 Å². The summed E-state index contributed by atoms with van der Waals surface area (Å²) in [7, 11) is 0. The summed E-state index contributed by atoms with van der Waals surface area (Å²) in [6.45, 7) is -0.652. The van der Waals surface area contributed by atoms with E-state index in [2.05, 4.69) is 0 Å². The predicted molar refractivity (Wildman–Crippen MR) is 147 cm³/mol. The van der Waals surface area contributed by atoms with Crippen LogP contribution >= 0.6 is 0 Å². The van der Waals surface area contributed by atoms with Gasteiger partial charge in [-0.05, 0) is 48.0 Å². The topological polar surface area (TPSA) is 196 Å². The molecule has 0 spiro atoms. The van der Waals surface area contributed by atoms with Crippen LogP contribution in [0.4, 0.5) is 0 Å². The van der Waals surface area contributed by atoms with E-state index < -0.39 is 54.5 Å². The van der Waals surface area contributed by atoms with Crippen LogP contribution in [0.1, 0.15) is 5.56 Å². The summed E-state index contributed by atoms with van der Waals surface area (Å²) in [5.74, 6) is -0.731. The number of hydrogen-bond donors (Lipinski definition) is 6. The highest BCUT2D eigenvalue weighted by Crippen LogP contribution is 2.33. The first kappa shape index (κ1) is 28.8. The lowest BCUT2D eigenvalue weighted by molar-refractivity contribution is -0.277. The maximum absolute atomic E-state index is 12.8. The third kappa shape index (κ3) is 6.12. The Kier molecular flexibility index (Phi) is 8.24. The van der Waals surface area contributed by atoms with Gasteiger partial charge in [0.05, 0.1) is 6.61 Å². The molecule has 1 saturated heterocycles. The molecule has 1 fully saturated rings. The van der Waals surface area contributed by atoms with Crippen LogP contribution in [0.5, 0.6) is 23.0 Å². The molecular formula is C30H26O12. The second kappa shape index (κ2) is 12.0. The van der Waals surface area contributed by atoms with Crippen molar-refractivity contribution >= 4 is 23.0 Å². The second-order valence-electron chi connectivity index (χ2n) is 9.48. The molecule has 3 aromatic carbocycles. The lowest BCUT2D eigenvalue weighted by Crippen LogP contribution is -2.60. The fraction of sp³-hybridized carbons (Fsp3) is 0.200. The summed E-state index contributed by atoms with van der Waals surface area (Å²) in [6, 6.07) is 15.9. The Bertz CT molecular complexity index is 1660. The van der Waals surface area contributed by atoms with E-state index in [1.807, 2.05) is 0 Å². The molecule has 0 radical (unpaired) electrons. The molecule has 12 nitrogen and oxygen atoms in total. The molecule has 0 bridgehead atoms. The van der Waals surface area contributed by atoms with Crippen LogP contribution in [-0.4, -0.2) is 73.9 Å². The standard InChI is InChI=1S/C30H26O12/c31-14-24-27(36)28(37)29(38)30(42-24)40-19-11-20(33)26-21(34)13-22(41-23(26)12-19)16-4-8-18(9-5-16)39-25(35)10-3-15-1-6-17(32)7-2-15/h1-13,24,27-33,36-38H,14H2/t24-,27-,28+,29-,30-/m1/s1. The number of carbonyl (C=O) groups excluding carboxylic acids is 1. The zero-order valence-electron chi connectivity index (χ0n) is 21.7. The molecule has 1 aromatic heterocycles. The zero-order chi connectivity index (χ0) is 30.0. The van der Waals surface area contributed by atoms with Gasteiger partial charge in [0, 0.05) is 29.8 Å². The largest absolute Gasteiger partial charge is 0.508 e. The van der Waals surface area contributed by atoms with Gasteiger partial charge in [-0.3, -0.25) is 4.79 Å². The number of aromatic hydroxyl groups is 2. The minimum absolute atomic E-state index is 0.0630. The average molecular weight is 579 g/mol. The maximum Gasteiger partial charge on any atom is 0.336 e. The van der Waals surface area contributed by atoms with Crippen molar-refractivity contribution in [3.8, 4) is 34.3 Å². The number of carbonyl (C=O) groups is 1. The fourth-order valence-electron chi connectivity index (χ4n) is 4.34. The normalized spacial score (nSPS) is 22.3. The Balaban J connectivity index is 1.34. The highest BCUT2D eigenvalue weighted by Gasteiger charge is 2.44. The molecule has 0 unspecified atom stereocenters. The van der Waals surface area contributed by atoms with Crippen LogP contribution in [0.2, 0.25) is 0 Å². The summed E-state index contributed by atoms with van der Waals surface area (Å²) in [5.41, 5.74) is 0.525. The zero-order valence-corrected chi connectivity index (χ0v) is 21.7. The second-order valence-corrected chi connectivity index (χ2v) is 9.48. The minimum atomic E-state index is -1.69. The third-order valence-electron chi connectivity index (χ3n) is 6.55. The maximum atomic E-state index is 12.8. The molecule has 6 N–H and O–H groups in total. The number of phenols is 2. The van der Waals surface area contributed by atoms with Gasteiger partial charge in [0.2, 0.25) is 6.29 Å². The number of benzene rings is 3. The molecule has 0 amide bonds. The Hall–Kier alpha value is -4.72. The van der Waals surface area contributed by atoms with Crippen molar-refractivity contribution in [2.75, 3.05) is 6.61 Å². The van der Waals surface area contributed by atoms with Crippen molar-refractivity contribution < 1.29 is 54.1 Å². The van der Waals surface area contributed by atoms with Gasteiger partial charge in [-0.25, -0.2) is 4.79 Å². The van der Waals surface area contributed by atoms with Crippen LogP contribution < -0.4 is 14.9 Å². The molecule has 0 aliphatic carbocycles. The SMILES string of the molecule is O=C(C=Cc1ccc(O)cc1)Oc1ccc(-c2cc(=O)c3c(O)cc(O[C@@H]4O[C@H](CO)[C@@H](O)[C@H](O)[C@H]4O)cc3o2)cc1.